The number of fused-ring (bicyclic) bond motifs is 2. The number of alkyl halides is 1. The summed E-state index contributed by atoms with van der Waals surface area (Å²) in [7, 11) is 1.42. The molecule has 0 saturated carbocycles. The summed E-state index contributed by atoms with van der Waals surface area (Å²) in [6, 6.07) is 15.9. The van der Waals surface area contributed by atoms with Crippen LogP contribution >= 0.6 is 15.9 Å². The van der Waals surface area contributed by atoms with E-state index in [9.17, 15) is 4.79 Å². The SMILES string of the molecule is COC(=O)c1c2ccccc2c(CBr)c2ccccc12. The first kappa shape index (κ1) is 13.1. The van der Waals surface area contributed by atoms with Crippen LogP contribution < -0.4 is 0 Å². The van der Waals surface area contributed by atoms with Crippen molar-refractivity contribution >= 4 is 43.4 Å². The standard InChI is InChI=1S/C17H13BrO2/c1-20-17(19)16-13-8-4-2-6-11(13)15(10-18)12-7-3-5-9-14(12)16/h2-9H,10H2,1H3. The van der Waals surface area contributed by atoms with Gasteiger partial charge in [0.25, 0.3) is 0 Å². The van der Waals surface area contributed by atoms with Gasteiger partial charge in [-0.15, -0.1) is 0 Å². The second-order valence-corrected chi connectivity index (χ2v) is 5.13. The lowest BCUT2D eigenvalue weighted by Gasteiger charge is -2.14. The van der Waals surface area contributed by atoms with E-state index in [4.69, 9.17) is 4.74 Å². The van der Waals surface area contributed by atoms with Crippen molar-refractivity contribution in [2.24, 2.45) is 0 Å². The highest BCUT2D eigenvalue weighted by Crippen LogP contribution is 2.34. The Morgan fingerprint density at radius 2 is 1.40 bits per heavy atom. The van der Waals surface area contributed by atoms with Gasteiger partial charge in [0.15, 0.2) is 0 Å². The molecule has 3 heteroatoms. The average Bonchev–Trinajstić information content (AvgIpc) is 2.51. The van der Waals surface area contributed by atoms with E-state index in [0.29, 0.717) is 5.56 Å². The maximum absolute atomic E-state index is 12.2. The van der Waals surface area contributed by atoms with E-state index in [1.807, 2.05) is 48.5 Å². The van der Waals surface area contributed by atoms with Crippen molar-refractivity contribution in [2.75, 3.05) is 7.11 Å². The van der Waals surface area contributed by atoms with Crippen LogP contribution in [0.3, 0.4) is 0 Å². The molecule has 0 N–H and O–H groups in total. The number of benzene rings is 3. The van der Waals surface area contributed by atoms with Gasteiger partial charge in [-0.25, -0.2) is 4.79 Å². The minimum atomic E-state index is -0.293. The Bertz CT molecular complexity index is 752. The molecule has 0 radical (unpaired) electrons. The van der Waals surface area contributed by atoms with Gasteiger partial charge in [-0.2, -0.15) is 0 Å². The van der Waals surface area contributed by atoms with Crippen LogP contribution in [0, 0.1) is 0 Å². The van der Waals surface area contributed by atoms with E-state index >= 15 is 0 Å². The molecule has 2 nitrogen and oxygen atoms in total. The highest BCUT2D eigenvalue weighted by molar-refractivity contribution is 9.08. The van der Waals surface area contributed by atoms with E-state index < -0.39 is 0 Å². The number of hydrogen-bond donors (Lipinski definition) is 0. The number of carbonyl (C=O) groups excluding carboxylic acids is 1. The zero-order chi connectivity index (χ0) is 14.1. The number of esters is 1. The van der Waals surface area contributed by atoms with Crippen LogP contribution in [0.5, 0.6) is 0 Å². The van der Waals surface area contributed by atoms with Gasteiger partial charge in [0.1, 0.15) is 0 Å². The van der Waals surface area contributed by atoms with Crippen molar-refractivity contribution < 1.29 is 9.53 Å². The topological polar surface area (TPSA) is 26.3 Å². The Hall–Kier alpha value is -1.87. The van der Waals surface area contributed by atoms with Gasteiger partial charge in [-0.3, -0.25) is 0 Å². The highest BCUT2D eigenvalue weighted by Gasteiger charge is 2.18. The van der Waals surface area contributed by atoms with Crippen LogP contribution in [0.25, 0.3) is 21.5 Å². The highest BCUT2D eigenvalue weighted by atomic mass is 79.9. The van der Waals surface area contributed by atoms with Crippen molar-refractivity contribution in [1.29, 1.82) is 0 Å². The predicted octanol–water partition coefficient (Wildman–Crippen LogP) is 4.67. The first-order valence-electron chi connectivity index (χ1n) is 6.34. The van der Waals surface area contributed by atoms with Crippen molar-refractivity contribution in [3.63, 3.8) is 0 Å². The molecule has 3 aromatic rings. The molecule has 3 aromatic carbocycles. The molecule has 0 heterocycles. The Morgan fingerprint density at radius 1 is 0.950 bits per heavy atom. The minimum absolute atomic E-state index is 0.293. The van der Waals surface area contributed by atoms with Gasteiger partial charge in [0, 0.05) is 5.33 Å². The first-order chi connectivity index (χ1) is 9.77. The molecule has 0 aliphatic carbocycles. The van der Waals surface area contributed by atoms with E-state index in [1.54, 1.807) is 0 Å². The minimum Gasteiger partial charge on any atom is -0.465 e. The van der Waals surface area contributed by atoms with Crippen LogP contribution in [0.15, 0.2) is 48.5 Å². The zero-order valence-corrected chi connectivity index (χ0v) is 12.6. The molecule has 0 amide bonds. The Balaban J connectivity index is 2.59. The second kappa shape index (κ2) is 5.25. The summed E-state index contributed by atoms with van der Waals surface area (Å²) >= 11 is 3.56. The number of rotatable bonds is 2. The largest absolute Gasteiger partial charge is 0.465 e. The third-order valence-electron chi connectivity index (χ3n) is 3.57. The third kappa shape index (κ3) is 1.90. The van der Waals surface area contributed by atoms with Gasteiger partial charge < -0.3 is 4.74 Å². The quantitative estimate of drug-likeness (QED) is 0.388. The smallest absolute Gasteiger partial charge is 0.339 e. The molecular weight excluding hydrogens is 316 g/mol. The monoisotopic (exact) mass is 328 g/mol. The number of carbonyl (C=O) groups is 1. The molecule has 0 unspecified atom stereocenters. The van der Waals surface area contributed by atoms with Crippen molar-refractivity contribution in [2.45, 2.75) is 5.33 Å². The van der Waals surface area contributed by atoms with Gasteiger partial charge in [0.05, 0.1) is 12.7 Å². The molecule has 0 aromatic heterocycles. The lowest BCUT2D eigenvalue weighted by Crippen LogP contribution is -2.04. The average molecular weight is 329 g/mol. The number of methoxy groups -OCH3 is 1. The molecular formula is C17H13BrO2. The van der Waals surface area contributed by atoms with E-state index in [1.165, 1.54) is 12.7 Å². The Kier molecular flexibility index (Phi) is 3.45. The normalized spacial score (nSPS) is 10.9. The van der Waals surface area contributed by atoms with Crippen LogP contribution in [-0.2, 0) is 10.1 Å². The summed E-state index contributed by atoms with van der Waals surface area (Å²) in [6.45, 7) is 0. The summed E-state index contributed by atoms with van der Waals surface area (Å²) in [4.78, 5) is 12.2. The summed E-state index contributed by atoms with van der Waals surface area (Å²) in [5.74, 6) is -0.293. The molecule has 0 saturated heterocycles. The molecule has 0 spiro atoms. The molecule has 0 fully saturated rings. The molecule has 3 rings (SSSR count). The van der Waals surface area contributed by atoms with Gasteiger partial charge in [-0.1, -0.05) is 64.5 Å². The first-order valence-corrected chi connectivity index (χ1v) is 7.46. The van der Waals surface area contributed by atoms with Crippen LogP contribution in [0.4, 0.5) is 0 Å². The molecule has 0 aliphatic heterocycles. The molecule has 100 valence electrons. The van der Waals surface area contributed by atoms with Crippen LogP contribution in [0.2, 0.25) is 0 Å². The summed E-state index contributed by atoms with van der Waals surface area (Å²) in [6.07, 6.45) is 0. The second-order valence-electron chi connectivity index (χ2n) is 4.57. The lowest BCUT2D eigenvalue weighted by molar-refractivity contribution is 0.0605. The summed E-state index contributed by atoms with van der Waals surface area (Å²) < 4.78 is 4.98. The van der Waals surface area contributed by atoms with Gasteiger partial charge >= 0.3 is 5.97 Å². The van der Waals surface area contributed by atoms with E-state index in [0.717, 1.165) is 26.9 Å². The third-order valence-corrected chi connectivity index (χ3v) is 4.13. The lowest BCUT2D eigenvalue weighted by atomic mass is 9.92. The van der Waals surface area contributed by atoms with Gasteiger partial charge in [0.2, 0.25) is 0 Å². The maximum Gasteiger partial charge on any atom is 0.339 e. The molecule has 20 heavy (non-hydrogen) atoms. The fourth-order valence-corrected chi connectivity index (χ4v) is 3.29. The van der Waals surface area contributed by atoms with E-state index in [2.05, 4.69) is 15.9 Å². The number of hydrogen-bond acceptors (Lipinski definition) is 2. The summed E-state index contributed by atoms with van der Waals surface area (Å²) in [5, 5.41) is 4.79. The number of ether oxygens (including phenoxy) is 1. The van der Waals surface area contributed by atoms with E-state index in [-0.39, 0.29) is 5.97 Å². The fraction of sp³-hybridized carbons (Fsp3) is 0.118. The Labute approximate surface area is 125 Å². The zero-order valence-electron chi connectivity index (χ0n) is 11.0. The molecule has 0 bridgehead atoms. The van der Waals surface area contributed by atoms with Gasteiger partial charge in [-0.05, 0) is 27.1 Å². The predicted molar refractivity (Wildman–Crippen MR) is 85.4 cm³/mol. The summed E-state index contributed by atoms with van der Waals surface area (Å²) in [5.41, 5.74) is 1.84. The van der Waals surface area contributed by atoms with Crippen molar-refractivity contribution in [3.8, 4) is 0 Å². The molecule has 0 atom stereocenters. The fourth-order valence-electron chi connectivity index (χ4n) is 2.68. The van der Waals surface area contributed by atoms with Crippen LogP contribution in [0.1, 0.15) is 15.9 Å². The van der Waals surface area contributed by atoms with Crippen LogP contribution in [-0.4, -0.2) is 13.1 Å². The Morgan fingerprint density at radius 3 is 1.80 bits per heavy atom. The van der Waals surface area contributed by atoms with Crippen molar-refractivity contribution in [1.82, 2.24) is 0 Å². The maximum atomic E-state index is 12.2. The number of halogens is 1. The van der Waals surface area contributed by atoms with Crippen molar-refractivity contribution in [3.05, 3.63) is 59.7 Å². The molecule has 0 aliphatic rings.